The van der Waals surface area contributed by atoms with Gasteiger partial charge in [0.25, 0.3) is 5.91 Å². The highest BCUT2D eigenvalue weighted by Gasteiger charge is 2.25. The standard InChI is InChI=1S/C15H20N2O4/c1-20-8-7-14(18)17-13-6-5-11(21-2)9-12(13)15(19)16-10-3-4-10/h5-6,9-10H,3-4,7-8H2,1-2H3,(H,16,19)(H,17,18). The molecule has 6 heteroatoms. The molecule has 1 aliphatic carbocycles. The van der Waals surface area contributed by atoms with Crippen molar-refractivity contribution in [2.24, 2.45) is 0 Å². The summed E-state index contributed by atoms with van der Waals surface area (Å²) in [6, 6.07) is 5.26. The van der Waals surface area contributed by atoms with Gasteiger partial charge in [-0.2, -0.15) is 0 Å². The Morgan fingerprint density at radius 3 is 2.67 bits per heavy atom. The number of carbonyl (C=O) groups is 2. The fourth-order valence-corrected chi connectivity index (χ4v) is 1.85. The van der Waals surface area contributed by atoms with Gasteiger partial charge in [-0.05, 0) is 31.0 Å². The minimum atomic E-state index is -0.196. The second-order valence-electron chi connectivity index (χ2n) is 4.95. The summed E-state index contributed by atoms with van der Waals surface area (Å²) in [4.78, 5) is 24.0. The van der Waals surface area contributed by atoms with E-state index < -0.39 is 0 Å². The van der Waals surface area contributed by atoms with Crippen LogP contribution in [0.25, 0.3) is 0 Å². The fraction of sp³-hybridized carbons (Fsp3) is 0.467. The van der Waals surface area contributed by atoms with E-state index in [4.69, 9.17) is 9.47 Å². The van der Waals surface area contributed by atoms with E-state index in [0.29, 0.717) is 23.6 Å². The molecular formula is C15H20N2O4. The molecule has 0 aromatic heterocycles. The van der Waals surface area contributed by atoms with Crippen LogP contribution < -0.4 is 15.4 Å². The zero-order chi connectivity index (χ0) is 15.2. The summed E-state index contributed by atoms with van der Waals surface area (Å²) in [7, 11) is 3.07. The maximum Gasteiger partial charge on any atom is 0.253 e. The number of hydrogen-bond acceptors (Lipinski definition) is 4. The van der Waals surface area contributed by atoms with Crippen molar-refractivity contribution in [2.45, 2.75) is 25.3 Å². The van der Waals surface area contributed by atoms with Crippen molar-refractivity contribution in [2.75, 3.05) is 26.1 Å². The van der Waals surface area contributed by atoms with Crippen LogP contribution in [-0.2, 0) is 9.53 Å². The Morgan fingerprint density at radius 1 is 1.29 bits per heavy atom. The first-order chi connectivity index (χ1) is 10.1. The Hall–Kier alpha value is -2.08. The van der Waals surface area contributed by atoms with Crippen molar-refractivity contribution in [3.63, 3.8) is 0 Å². The van der Waals surface area contributed by atoms with Crippen molar-refractivity contribution in [1.82, 2.24) is 5.32 Å². The van der Waals surface area contributed by atoms with E-state index in [1.165, 1.54) is 14.2 Å². The van der Waals surface area contributed by atoms with E-state index in [2.05, 4.69) is 10.6 Å². The number of rotatable bonds is 7. The highest BCUT2D eigenvalue weighted by atomic mass is 16.5. The van der Waals surface area contributed by atoms with Crippen molar-refractivity contribution in [1.29, 1.82) is 0 Å². The Kier molecular flexibility index (Phi) is 5.16. The molecule has 0 aliphatic heterocycles. The number of hydrogen-bond donors (Lipinski definition) is 2. The average molecular weight is 292 g/mol. The van der Waals surface area contributed by atoms with Crippen molar-refractivity contribution >= 4 is 17.5 Å². The number of carbonyl (C=O) groups excluding carboxylic acids is 2. The van der Waals surface area contributed by atoms with Gasteiger partial charge in [-0.25, -0.2) is 0 Å². The van der Waals surface area contributed by atoms with E-state index in [1.54, 1.807) is 18.2 Å². The number of nitrogens with one attached hydrogen (secondary N) is 2. The molecule has 0 radical (unpaired) electrons. The lowest BCUT2D eigenvalue weighted by Crippen LogP contribution is -2.27. The zero-order valence-corrected chi connectivity index (χ0v) is 12.3. The second-order valence-corrected chi connectivity index (χ2v) is 4.95. The summed E-state index contributed by atoms with van der Waals surface area (Å²) in [6.07, 6.45) is 2.25. The summed E-state index contributed by atoms with van der Waals surface area (Å²) >= 11 is 0. The molecule has 21 heavy (non-hydrogen) atoms. The van der Waals surface area contributed by atoms with Crippen LogP contribution in [0.1, 0.15) is 29.6 Å². The first-order valence-corrected chi connectivity index (χ1v) is 6.91. The Balaban J connectivity index is 2.13. The molecule has 0 unspecified atom stereocenters. The van der Waals surface area contributed by atoms with Crippen molar-refractivity contribution < 1.29 is 19.1 Å². The van der Waals surface area contributed by atoms with Gasteiger partial charge in [0, 0.05) is 13.2 Å². The van der Waals surface area contributed by atoms with Gasteiger partial charge in [0.2, 0.25) is 5.91 Å². The summed E-state index contributed by atoms with van der Waals surface area (Å²) in [5.41, 5.74) is 0.891. The summed E-state index contributed by atoms with van der Waals surface area (Å²) in [5, 5.41) is 5.64. The number of methoxy groups -OCH3 is 2. The van der Waals surface area contributed by atoms with Gasteiger partial charge >= 0.3 is 0 Å². The molecule has 1 aromatic rings. The van der Waals surface area contributed by atoms with Crippen LogP contribution in [-0.4, -0.2) is 38.7 Å². The van der Waals surface area contributed by atoms with E-state index in [-0.39, 0.29) is 24.3 Å². The molecular weight excluding hydrogens is 272 g/mol. The van der Waals surface area contributed by atoms with E-state index in [1.807, 2.05) is 0 Å². The minimum absolute atomic E-state index is 0.192. The Morgan fingerprint density at radius 2 is 2.05 bits per heavy atom. The van der Waals surface area contributed by atoms with Gasteiger partial charge in [-0.15, -0.1) is 0 Å². The number of ether oxygens (including phenoxy) is 2. The smallest absolute Gasteiger partial charge is 0.253 e. The highest BCUT2D eigenvalue weighted by molar-refractivity contribution is 6.04. The number of benzene rings is 1. The normalized spacial score (nSPS) is 13.6. The van der Waals surface area contributed by atoms with Crippen LogP contribution in [0, 0.1) is 0 Å². The van der Waals surface area contributed by atoms with Gasteiger partial charge in [0.05, 0.1) is 31.4 Å². The molecule has 1 saturated carbocycles. The molecule has 2 amide bonds. The van der Waals surface area contributed by atoms with Crippen molar-refractivity contribution in [3.05, 3.63) is 23.8 Å². The molecule has 0 bridgehead atoms. The third-order valence-corrected chi connectivity index (χ3v) is 3.19. The quantitative estimate of drug-likeness (QED) is 0.799. The van der Waals surface area contributed by atoms with Crippen LogP contribution in [0.4, 0.5) is 5.69 Å². The summed E-state index contributed by atoms with van der Waals surface area (Å²) < 4.78 is 10.0. The third kappa shape index (κ3) is 4.46. The number of anilines is 1. The monoisotopic (exact) mass is 292 g/mol. The maximum atomic E-state index is 12.2. The average Bonchev–Trinajstić information content (AvgIpc) is 3.29. The van der Waals surface area contributed by atoms with Gasteiger partial charge in [-0.3, -0.25) is 9.59 Å². The molecule has 1 aromatic carbocycles. The lowest BCUT2D eigenvalue weighted by molar-refractivity contribution is -0.117. The maximum absolute atomic E-state index is 12.2. The van der Waals surface area contributed by atoms with Gasteiger partial charge < -0.3 is 20.1 Å². The van der Waals surface area contributed by atoms with E-state index in [9.17, 15) is 9.59 Å². The minimum Gasteiger partial charge on any atom is -0.497 e. The molecule has 1 fully saturated rings. The Labute approximate surface area is 123 Å². The molecule has 0 saturated heterocycles. The van der Waals surface area contributed by atoms with Gasteiger partial charge in [0.15, 0.2) is 0 Å². The van der Waals surface area contributed by atoms with Crippen LogP contribution in [0.15, 0.2) is 18.2 Å². The lowest BCUT2D eigenvalue weighted by Gasteiger charge is -2.12. The largest absolute Gasteiger partial charge is 0.497 e. The first-order valence-electron chi connectivity index (χ1n) is 6.91. The fourth-order valence-electron chi connectivity index (χ4n) is 1.85. The molecule has 2 N–H and O–H groups in total. The molecule has 0 spiro atoms. The molecule has 6 nitrogen and oxygen atoms in total. The van der Waals surface area contributed by atoms with Crippen LogP contribution in [0.5, 0.6) is 5.75 Å². The Bertz CT molecular complexity index is 526. The summed E-state index contributed by atoms with van der Waals surface area (Å²) in [6.45, 7) is 0.339. The topological polar surface area (TPSA) is 76.7 Å². The van der Waals surface area contributed by atoms with Crippen LogP contribution in [0.2, 0.25) is 0 Å². The van der Waals surface area contributed by atoms with Gasteiger partial charge in [-0.1, -0.05) is 0 Å². The second kappa shape index (κ2) is 7.08. The number of amides is 2. The highest BCUT2D eigenvalue weighted by Crippen LogP contribution is 2.25. The summed E-state index contributed by atoms with van der Waals surface area (Å²) in [5.74, 6) is 0.187. The predicted molar refractivity (Wildman–Crippen MR) is 78.6 cm³/mol. The molecule has 0 heterocycles. The molecule has 2 rings (SSSR count). The first kappa shape index (κ1) is 15.3. The zero-order valence-electron chi connectivity index (χ0n) is 12.3. The predicted octanol–water partition coefficient (Wildman–Crippen LogP) is 1.56. The lowest BCUT2D eigenvalue weighted by atomic mass is 10.1. The molecule has 114 valence electrons. The van der Waals surface area contributed by atoms with Gasteiger partial charge in [0.1, 0.15) is 5.75 Å². The third-order valence-electron chi connectivity index (χ3n) is 3.19. The van der Waals surface area contributed by atoms with E-state index in [0.717, 1.165) is 12.8 Å². The van der Waals surface area contributed by atoms with E-state index >= 15 is 0 Å². The molecule has 0 atom stereocenters. The SMILES string of the molecule is COCCC(=O)Nc1ccc(OC)cc1C(=O)NC1CC1. The van der Waals surface area contributed by atoms with Crippen LogP contribution >= 0.6 is 0 Å². The van der Waals surface area contributed by atoms with Crippen LogP contribution in [0.3, 0.4) is 0 Å². The molecule has 1 aliphatic rings. The van der Waals surface area contributed by atoms with Crippen molar-refractivity contribution in [3.8, 4) is 5.75 Å².